The Hall–Kier alpha value is -1.88. The van der Waals surface area contributed by atoms with Gasteiger partial charge in [0.05, 0.1) is 11.3 Å². The molecule has 2 heterocycles. The summed E-state index contributed by atoms with van der Waals surface area (Å²) in [7, 11) is 0. The van der Waals surface area contributed by atoms with Crippen LogP contribution in [0, 0.1) is 13.8 Å². The van der Waals surface area contributed by atoms with Gasteiger partial charge < -0.3 is 5.11 Å². The van der Waals surface area contributed by atoms with Crippen LogP contribution in [0.5, 0.6) is 0 Å². The molecule has 0 unspecified atom stereocenters. The van der Waals surface area contributed by atoms with Crippen molar-refractivity contribution < 1.29 is 9.90 Å². The molecule has 0 amide bonds. The Balaban J connectivity index is 2.82. The van der Waals surface area contributed by atoms with Gasteiger partial charge in [-0.15, -0.1) is 0 Å². The van der Waals surface area contributed by atoms with Crippen LogP contribution in [-0.4, -0.2) is 15.6 Å². The van der Waals surface area contributed by atoms with Gasteiger partial charge in [0.15, 0.2) is 0 Å². The second kappa shape index (κ2) is 4.18. The average molecular weight is 249 g/mol. The van der Waals surface area contributed by atoms with Crippen LogP contribution in [0.3, 0.4) is 0 Å². The summed E-state index contributed by atoms with van der Waals surface area (Å²) >= 11 is 1.46. The van der Waals surface area contributed by atoms with Crippen molar-refractivity contribution in [2.24, 2.45) is 0 Å². The lowest BCUT2D eigenvalue weighted by Gasteiger charge is -2.12. The lowest BCUT2D eigenvalue weighted by molar-refractivity contribution is 0.0694. The molecule has 2 rings (SSSR count). The van der Waals surface area contributed by atoms with Gasteiger partial charge in [-0.1, -0.05) is 0 Å². The highest BCUT2D eigenvalue weighted by Gasteiger charge is 2.16. The largest absolute Gasteiger partial charge is 0.478 e. The molecular formula is C12H11NO3S. The van der Waals surface area contributed by atoms with Gasteiger partial charge >= 0.3 is 5.97 Å². The highest BCUT2D eigenvalue weighted by Crippen LogP contribution is 2.17. The molecule has 0 radical (unpaired) electrons. The van der Waals surface area contributed by atoms with E-state index in [-0.39, 0.29) is 11.1 Å². The average Bonchev–Trinajstić information content (AvgIpc) is 2.69. The first-order valence-electron chi connectivity index (χ1n) is 5.01. The number of hydrogen-bond donors (Lipinski definition) is 1. The Morgan fingerprint density at radius 3 is 2.65 bits per heavy atom. The van der Waals surface area contributed by atoms with Gasteiger partial charge in [0.1, 0.15) is 0 Å². The predicted octanol–water partition coefficient (Wildman–Crippen LogP) is 2.21. The number of pyridine rings is 1. The van der Waals surface area contributed by atoms with Crippen LogP contribution < -0.4 is 5.56 Å². The number of carboxylic acid groups (broad SMARTS) is 1. The second-order valence-electron chi connectivity index (χ2n) is 3.75. The van der Waals surface area contributed by atoms with Crippen LogP contribution in [-0.2, 0) is 0 Å². The van der Waals surface area contributed by atoms with E-state index in [0.717, 1.165) is 0 Å². The third-order valence-corrected chi connectivity index (χ3v) is 3.30. The Morgan fingerprint density at radius 1 is 1.41 bits per heavy atom. The fourth-order valence-corrected chi connectivity index (χ4v) is 2.53. The van der Waals surface area contributed by atoms with Gasteiger partial charge in [0.2, 0.25) is 0 Å². The first-order chi connectivity index (χ1) is 8.02. The number of nitrogens with zero attached hydrogens (tertiary/aromatic N) is 1. The van der Waals surface area contributed by atoms with Gasteiger partial charge in [-0.05, 0) is 30.9 Å². The standard InChI is InChI=1S/C12H11NO3S/c1-7-5-10(14)13(9-3-4-17-6-9)8(2)11(7)12(15)16/h3-6H,1-2H3,(H,15,16). The number of hydrogen-bond acceptors (Lipinski definition) is 3. The highest BCUT2D eigenvalue weighted by molar-refractivity contribution is 7.08. The predicted molar refractivity (Wildman–Crippen MR) is 66.3 cm³/mol. The van der Waals surface area contributed by atoms with Gasteiger partial charge in [-0.2, -0.15) is 11.3 Å². The minimum Gasteiger partial charge on any atom is -0.478 e. The molecule has 0 fully saturated rings. The summed E-state index contributed by atoms with van der Waals surface area (Å²) in [6.07, 6.45) is 0. The summed E-state index contributed by atoms with van der Waals surface area (Å²) in [6, 6.07) is 3.15. The Morgan fingerprint density at radius 2 is 2.12 bits per heavy atom. The fourth-order valence-electron chi connectivity index (χ4n) is 1.91. The van der Waals surface area contributed by atoms with E-state index in [1.165, 1.54) is 22.0 Å². The van der Waals surface area contributed by atoms with Crippen LogP contribution in [0.1, 0.15) is 21.6 Å². The molecule has 88 valence electrons. The molecule has 0 aliphatic rings. The number of carboxylic acids is 1. The van der Waals surface area contributed by atoms with Crippen LogP contribution >= 0.6 is 11.3 Å². The summed E-state index contributed by atoms with van der Waals surface area (Å²) < 4.78 is 1.42. The van der Waals surface area contributed by atoms with Gasteiger partial charge in [-0.25, -0.2) is 4.79 Å². The second-order valence-corrected chi connectivity index (χ2v) is 4.53. The molecule has 2 aromatic rings. The van der Waals surface area contributed by atoms with Crippen molar-refractivity contribution in [3.63, 3.8) is 0 Å². The number of rotatable bonds is 2. The van der Waals surface area contributed by atoms with Crippen molar-refractivity contribution in [3.8, 4) is 5.69 Å². The summed E-state index contributed by atoms with van der Waals surface area (Å²) in [4.78, 5) is 23.1. The van der Waals surface area contributed by atoms with Gasteiger partial charge in [0, 0.05) is 17.1 Å². The summed E-state index contributed by atoms with van der Waals surface area (Å²) in [6.45, 7) is 3.28. The Bertz CT molecular complexity index is 626. The summed E-state index contributed by atoms with van der Waals surface area (Å²) in [5.74, 6) is -1.01. The van der Waals surface area contributed by atoms with Crippen molar-refractivity contribution in [2.45, 2.75) is 13.8 Å². The molecule has 0 spiro atoms. The quantitative estimate of drug-likeness (QED) is 0.887. The van der Waals surface area contributed by atoms with E-state index in [1.807, 2.05) is 10.8 Å². The van der Waals surface area contributed by atoms with E-state index in [2.05, 4.69) is 0 Å². The van der Waals surface area contributed by atoms with E-state index in [1.54, 1.807) is 19.9 Å². The van der Waals surface area contributed by atoms with Crippen molar-refractivity contribution >= 4 is 17.3 Å². The van der Waals surface area contributed by atoms with Gasteiger partial charge in [-0.3, -0.25) is 9.36 Å². The zero-order chi connectivity index (χ0) is 12.6. The molecule has 0 saturated carbocycles. The summed E-state index contributed by atoms with van der Waals surface area (Å²) in [5, 5.41) is 12.8. The van der Waals surface area contributed by atoms with Gasteiger partial charge in [0.25, 0.3) is 5.56 Å². The molecule has 5 heteroatoms. The minimum atomic E-state index is -1.01. The molecule has 0 aromatic carbocycles. The maximum atomic E-state index is 11.9. The molecule has 1 N–H and O–H groups in total. The lowest BCUT2D eigenvalue weighted by Crippen LogP contribution is -2.23. The molecule has 0 saturated heterocycles. The first-order valence-corrected chi connectivity index (χ1v) is 5.95. The van der Waals surface area contributed by atoms with Crippen LogP contribution in [0.25, 0.3) is 5.69 Å². The lowest BCUT2D eigenvalue weighted by atomic mass is 10.1. The van der Waals surface area contributed by atoms with Crippen molar-refractivity contribution in [2.75, 3.05) is 0 Å². The van der Waals surface area contributed by atoms with Crippen LogP contribution in [0.15, 0.2) is 27.7 Å². The maximum Gasteiger partial charge on any atom is 0.337 e. The van der Waals surface area contributed by atoms with E-state index in [0.29, 0.717) is 16.9 Å². The van der Waals surface area contributed by atoms with Crippen LogP contribution in [0.4, 0.5) is 0 Å². The van der Waals surface area contributed by atoms with E-state index >= 15 is 0 Å². The number of aromatic carboxylic acids is 1. The number of carbonyl (C=O) groups is 1. The molecular weight excluding hydrogens is 238 g/mol. The third kappa shape index (κ3) is 1.89. The third-order valence-electron chi connectivity index (χ3n) is 2.63. The molecule has 0 aliphatic heterocycles. The zero-order valence-corrected chi connectivity index (χ0v) is 10.2. The molecule has 17 heavy (non-hydrogen) atoms. The zero-order valence-electron chi connectivity index (χ0n) is 9.43. The van der Waals surface area contributed by atoms with E-state index in [4.69, 9.17) is 5.11 Å². The molecule has 0 aliphatic carbocycles. The maximum absolute atomic E-state index is 11.9. The topological polar surface area (TPSA) is 59.3 Å². The smallest absolute Gasteiger partial charge is 0.337 e. The van der Waals surface area contributed by atoms with Crippen molar-refractivity contribution in [1.82, 2.24) is 4.57 Å². The Labute approximate surface area is 102 Å². The molecule has 0 atom stereocenters. The van der Waals surface area contributed by atoms with Crippen molar-refractivity contribution in [1.29, 1.82) is 0 Å². The minimum absolute atomic E-state index is 0.191. The number of aromatic nitrogens is 1. The number of aryl methyl sites for hydroxylation is 1. The fraction of sp³-hybridized carbons (Fsp3) is 0.167. The van der Waals surface area contributed by atoms with E-state index in [9.17, 15) is 9.59 Å². The first kappa shape index (κ1) is 11.6. The summed E-state index contributed by atoms with van der Waals surface area (Å²) in [5.41, 5.74) is 1.64. The number of thiophene rings is 1. The normalized spacial score (nSPS) is 10.5. The molecule has 2 aromatic heterocycles. The van der Waals surface area contributed by atoms with Crippen LogP contribution in [0.2, 0.25) is 0 Å². The van der Waals surface area contributed by atoms with E-state index < -0.39 is 5.97 Å². The highest BCUT2D eigenvalue weighted by atomic mass is 32.1. The Kier molecular flexibility index (Phi) is 2.85. The SMILES string of the molecule is Cc1cc(=O)n(-c2ccsc2)c(C)c1C(=O)O. The molecule has 4 nitrogen and oxygen atoms in total. The molecule has 0 bridgehead atoms. The monoisotopic (exact) mass is 249 g/mol. The van der Waals surface area contributed by atoms with Crippen molar-refractivity contribution in [3.05, 3.63) is 50.1 Å².